The van der Waals surface area contributed by atoms with Gasteiger partial charge >= 0.3 is 0 Å². The molecule has 0 aromatic carbocycles. The minimum Gasteiger partial charge on any atom is -0.307 e. The van der Waals surface area contributed by atoms with Crippen LogP contribution in [0.2, 0.25) is 0 Å². The molecule has 0 saturated carbocycles. The highest BCUT2D eigenvalue weighted by Gasteiger charge is 2.19. The third kappa shape index (κ3) is 1.37. The van der Waals surface area contributed by atoms with Crippen molar-refractivity contribution in [3.8, 4) is 0 Å². The first-order chi connectivity index (χ1) is 6.42. The predicted octanol–water partition coefficient (Wildman–Crippen LogP) is 0.603. The highest BCUT2D eigenvalue weighted by molar-refractivity contribution is 7.95. The van der Waals surface area contributed by atoms with Gasteiger partial charge in [-0.25, -0.2) is 4.31 Å². The van der Waals surface area contributed by atoms with Gasteiger partial charge < -0.3 is 5.32 Å². The van der Waals surface area contributed by atoms with E-state index in [9.17, 15) is 0 Å². The molecule has 5 heteroatoms. The maximum atomic E-state index is 4.49. The Kier molecular flexibility index (Phi) is 1.81. The fraction of sp³-hybridized carbons (Fsp3) is 0.625. The topological polar surface area (TPSA) is 33.1 Å². The highest BCUT2D eigenvalue weighted by atomic mass is 32.2. The first-order valence-corrected chi connectivity index (χ1v) is 5.36. The molecule has 1 fully saturated rings. The Bertz CT molecular complexity index is 296. The molecule has 13 heavy (non-hydrogen) atoms. The van der Waals surface area contributed by atoms with Crippen LogP contribution in [-0.2, 0) is 13.1 Å². The summed E-state index contributed by atoms with van der Waals surface area (Å²) in [6, 6.07) is 0. The van der Waals surface area contributed by atoms with Gasteiger partial charge in [-0.3, -0.25) is 0 Å². The van der Waals surface area contributed by atoms with Gasteiger partial charge in [0.25, 0.3) is 0 Å². The van der Waals surface area contributed by atoms with Crippen LogP contribution >= 0.6 is 12.1 Å². The fourth-order valence-corrected chi connectivity index (χ4v) is 2.53. The summed E-state index contributed by atoms with van der Waals surface area (Å²) in [5.41, 5.74) is 2.57. The van der Waals surface area contributed by atoms with Crippen LogP contribution in [-0.4, -0.2) is 26.6 Å². The molecule has 2 aliphatic heterocycles. The number of rotatable bonds is 2. The predicted molar refractivity (Wildman–Crippen MR) is 51.9 cm³/mol. The Balaban J connectivity index is 1.74. The molecule has 0 aliphatic carbocycles. The van der Waals surface area contributed by atoms with Gasteiger partial charge in [-0.2, -0.15) is 9.19 Å². The zero-order valence-electron chi connectivity index (χ0n) is 7.36. The molecule has 0 unspecified atom stereocenters. The first kappa shape index (κ1) is 7.84. The van der Waals surface area contributed by atoms with E-state index in [1.807, 2.05) is 4.09 Å². The van der Waals surface area contributed by atoms with Crippen molar-refractivity contribution in [3.05, 3.63) is 17.5 Å². The van der Waals surface area contributed by atoms with Crippen molar-refractivity contribution in [1.29, 1.82) is 0 Å². The lowest BCUT2D eigenvalue weighted by molar-refractivity contribution is 0.341. The normalized spacial score (nSPS) is 21.5. The molecule has 1 aromatic rings. The highest BCUT2D eigenvalue weighted by Crippen LogP contribution is 2.22. The molecule has 0 amide bonds. The SMILES string of the molecule is c1c2c(nn1SN1CCC1)CNC2. The molecule has 0 bridgehead atoms. The van der Waals surface area contributed by atoms with Crippen molar-refractivity contribution in [2.45, 2.75) is 19.5 Å². The lowest BCUT2D eigenvalue weighted by Gasteiger charge is -2.28. The van der Waals surface area contributed by atoms with Gasteiger partial charge in [-0.1, -0.05) is 0 Å². The molecule has 1 saturated heterocycles. The van der Waals surface area contributed by atoms with Gasteiger partial charge in [-0.05, 0) is 6.42 Å². The van der Waals surface area contributed by atoms with Crippen LogP contribution < -0.4 is 5.32 Å². The summed E-state index contributed by atoms with van der Waals surface area (Å²) in [5, 5.41) is 7.77. The number of hydrogen-bond donors (Lipinski definition) is 1. The Morgan fingerprint density at radius 2 is 2.31 bits per heavy atom. The van der Waals surface area contributed by atoms with Crippen LogP contribution in [0.5, 0.6) is 0 Å². The van der Waals surface area contributed by atoms with E-state index in [2.05, 4.69) is 20.9 Å². The van der Waals surface area contributed by atoms with Gasteiger partial charge in [-0.15, -0.1) is 0 Å². The Hall–Kier alpha value is -0.520. The molecular formula is C8H12N4S. The van der Waals surface area contributed by atoms with Crippen LogP contribution in [0.1, 0.15) is 17.7 Å². The van der Waals surface area contributed by atoms with Crippen molar-refractivity contribution < 1.29 is 0 Å². The lowest BCUT2D eigenvalue weighted by Crippen LogP contribution is -2.31. The molecule has 0 atom stereocenters. The van der Waals surface area contributed by atoms with E-state index in [0.29, 0.717) is 0 Å². The van der Waals surface area contributed by atoms with Gasteiger partial charge in [0, 0.05) is 37.9 Å². The Morgan fingerprint density at radius 1 is 1.38 bits per heavy atom. The molecule has 0 spiro atoms. The summed E-state index contributed by atoms with van der Waals surface area (Å²) < 4.78 is 4.32. The minimum atomic E-state index is 0.933. The standard InChI is InChI=1S/C8H12N4S/c1-2-11(3-1)13-12-6-7-4-9-5-8(7)10-12/h6,9H,1-5H2. The maximum absolute atomic E-state index is 4.49. The Labute approximate surface area is 81.6 Å². The van der Waals surface area contributed by atoms with Crippen LogP contribution in [0, 0.1) is 0 Å². The summed E-state index contributed by atoms with van der Waals surface area (Å²) >= 11 is 1.73. The third-order valence-electron chi connectivity index (χ3n) is 2.48. The molecule has 1 N–H and O–H groups in total. The molecule has 1 aromatic heterocycles. The number of aromatic nitrogens is 2. The van der Waals surface area contributed by atoms with Gasteiger partial charge in [0.1, 0.15) is 0 Å². The van der Waals surface area contributed by atoms with Crippen molar-refractivity contribution in [2.75, 3.05) is 13.1 Å². The van der Waals surface area contributed by atoms with E-state index in [1.54, 1.807) is 12.1 Å². The van der Waals surface area contributed by atoms with Crippen molar-refractivity contribution >= 4 is 12.1 Å². The average molecular weight is 196 g/mol. The van der Waals surface area contributed by atoms with Crippen LogP contribution in [0.3, 0.4) is 0 Å². The van der Waals surface area contributed by atoms with Crippen LogP contribution in [0.4, 0.5) is 0 Å². The summed E-state index contributed by atoms with van der Waals surface area (Å²) in [6.07, 6.45) is 3.47. The largest absolute Gasteiger partial charge is 0.307 e. The van der Waals surface area contributed by atoms with E-state index in [-0.39, 0.29) is 0 Å². The smallest absolute Gasteiger partial charge is 0.0818 e. The van der Waals surface area contributed by atoms with Gasteiger partial charge in [0.15, 0.2) is 0 Å². The Morgan fingerprint density at radius 3 is 3.00 bits per heavy atom. The zero-order valence-corrected chi connectivity index (χ0v) is 8.18. The molecular weight excluding hydrogens is 184 g/mol. The van der Waals surface area contributed by atoms with Crippen LogP contribution in [0.15, 0.2) is 6.20 Å². The number of nitrogens with zero attached hydrogens (tertiary/aromatic N) is 3. The van der Waals surface area contributed by atoms with Crippen molar-refractivity contribution in [2.24, 2.45) is 0 Å². The van der Waals surface area contributed by atoms with E-state index < -0.39 is 0 Å². The molecule has 3 rings (SSSR count). The third-order valence-corrected chi connectivity index (χ3v) is 3.43. The fourth-order valence-electron chi connectivity index (χ4n) is 1.56. The quantitative estimate of drug-likeness (QED) is 0.702. The molecule has 2 aliphatic rings. The van der Waals surface area contributed by atoms with Gasteiger partial charge in [0.05, 0.1) is 17.8 Å². The second-order valence-electron chi connectivity index (χ2n) is 3.47. The molecule has 3 heterocycles. The van der Waals surface area contributed by atoms with Crippen molar-refractivity contribution in [1.82, 2.24) is 18.8 Å². The van der Waals surface area contributed by atoms with Gasteiger partial charge in [0.2, 0.25) is 0 Å². The molecule has 70 valence electrons. The van der Waals surface area contributed by atoms with E-state index in [0.717, 1.165) is 13.1 Å². The number of hydrogen-bond acceptors (Lipinski definition) is 4. The molecule has 4 nitrogen and oxygen atoms in total. The van der Waals surface area contributed by atoms with E-state index in [4.69, 9.17) is 0 Å². The number of nitrogens with one attached hydrogen (secondary N) is 1. The monoisotopic (exact) mass is 196 g/mol. The lowest BCUT2D eigenvalue weighted by atomic mass is 10.3. The average Bonchev–Trinajstić information content (AvgIpc) is 2.54. The summed E-state index contributed by atoms with van der Waals surface area (Å²) in [6.45, 7) is 4.32. The van der Waals surface area contributed by atoms with Crippen molar-refractivity contribution in [3.63, 3.8) is 0 Å². The number of fused-ring (bicyclic) bond motifs is 1. The minimum absolute atomic E-state index is 0.933. The maximum Gasteiger partial charge on any atom is 0.0818 e. The second-order valence-corrected chi connectivity index (χ2v) is 4.53. The second kappa shape index (κ2) is 3.01. The summed E-state index contributed by atoms with van der Waals surface area (Å²) in [7, 11) is 0. The van der Waals surface area contributed by atoms with Crippen LogP contribution in [0.25, 0.3) is 0 Å². The summed E-state index contributed by atoms with van der Waals surface area (Å²) in [4.78, 5) is 0. The zero-order chi connectivity index (χ0) is 8.67. The first-order valence-electron chi connectivity index (χ1n) is 4.63. The summed E-state index contributed by atoms with van der Waals surface area (Å²) in [5.74, 6) is 0. The molecule has 0 radical (unpaired) electrons. The van der Waals surface area contributed by atoms with E-state index >= 15 is 0 Å². The van der Waals surface area contributed by atoms with E-state index in [1.165, 1.54) is 30.8 Å².